The van der Waals surface area contributed by atoms with Crippen LogP contribution in [0.25, 0.3) is 0 Å². The van der Waals surface area contributed by atoms with Crippen LogP contribution in [-0.2, 0) is 9.47 Å². The van der Waals surface area contributed by atoms with E-state index in [9.17, 15) is 9.59 Å². The average molecular weight is 462 g/mol. The van der Waals surface area contributed by atoms with Crippen molar-refractivity contribution in [3.8, 4) is 0 Å². The molecule has 7 heteroatoms. The molecule has 0 aliphatic carbocycles. The zero-order chi connectivity index (χ0) is 24.3. The first-order valence-electron chi connectivity index (χ1n) is 11.2. The summed E-state index contributed by atoms with van der Waals surface area (Å²) in [6.07, 6.45) is -1.02. The number of rotatable bonds is 9. The predicted molar refractivity (Wildman–Crippen MR) is 136 cm³/mol. The Kier molecular flexibility index (Phi) is 8.91. The maximum atomic E-state index is 12.1. The molecule has 3 aromatic rings. The van der Waals surface area contributed by atoms with Crippen LogP contribution in [0.2, 0.25) is 0 Å². The standard InChI is InChI=1S/C27H31N3O4/c1-20-7-11-23(12-8-20)28-26(31)33-17-15-30(25-6-4-5-22(3)19-25)16-18-34-27(32)29-24-13-9-21(2)10-14-24/h4-14,19H,15-18H2,1-3H3,(H,28,31)(H,29,32). The Balaban J connectivity index is 1.49. The van der Waals surface area contributed by atoms with Gasteiger partial charge < -0.3 is 14.4 Å². The number of carbonyl (C=O) groups excluding carboxylic acids is 2. The summed E-state index contributed by atoms with van der Waals surface area (Å²) >= 11 is 0. The van der Waals surface area contributed by atoms with E-state index < -0.39 is 12.2 Å². The number of carbonyl (C=O) groups is 2. The molecule has 0 aliphatic rings. The quantitative estimate of drug-likeness (QED) is 0.414. The number of amides is 2. The number of ether oxygens (including phenoxy) is 2. The second-order valence-corrected chi connectivity index (χ2v) is 8.08. The Bertz CT molecular complexity index is 1020. The monoisotopic (exact) mass is 461 g/mol. The molecule has 2 amide bonds. The van der Waals surface area contributed by atoms with Gasteiger partial charge in [-0.05, 0) is 62.7 Å². The lowest BCUT2D eigenvalue weighted by molar-refractivity contribution is 0.159. The number of nitrogens with zero attached hydrogens (tertiary/aromatic N) is 1. The second-order valence-electron chi connectivity index (χ2n) is 8.08. The first-order valence-corrected chi connectivity index (χ1v) is 11.2. The van der Waals surface area contributed by atoms with Crippen LogP contribution in [0.15, 0.2) is 72.8 Å². The lowest BCUT2D eigenvalue weighted by atomic mass is 10.2. The number of anilines is 3. The lowest BCUT2D eigenvalue weighted by Gasteiger charge is -2.25. The van der Waals surface area contributed by atoms with Gasteiger partial charge in [0.05, 0.1) is 13.1 Å². The van der Waals surface area contributed by atoms with Crippen LogP contribution in [0.4, 0.5) is 26.7 Å². The van der Waals surface area contributed by atoms with Gasteiger partial charge in [0.25, 0.3) is 0 Å². The number of aryl methyl sites for hydroxylation is 3. The zero-order valence-electron chi connectivity index (χ0n) is 19.8. The van der Waals surface area contributed by atoms with Crippen molar-refractivity contribution in [1.82, 2.24) is 0 Å². The van der Waals surface area contributed by atoms with Gasteiger partial charge in [0.1, 0.15) is 13.2 Å². The largest absolute Gasteiger partial charge is 0.447 e. The first kappa shape index (κ1) is 24.6. The van der Waals surface area contributed by atoms with Crippen molar-refractivity contribution in [3.63, 3.8) is 0 Å². The number of hydrogen-bond acceptors (Lipinski definition) is 5. The van der Waals surface area contributed by atoms with E-state index in [0.29, 0.717) is 24.5 Å². The van der Waals surface area contributed by atoms with Gasteiger partial charge in [0, 0.05) is 17.1 Å². The molecule has 0 aliphatic heterocycles. The van der Waals surface area contributed by atoms with Crippen LogP contribution < -0.4 is 15.5 Å². The van der Waals surface area contributed by atoms with Crippen LogP contribution in [-0.4, -0.2) is 38.5 Å². The molecule has 0 radical (unpaired) electrons. The van der Waals surface area contributed by atoms with E-state index in [0.717, 1.165) is 22.4 Å². The molecular formula is C27H31N3O4. The molecule has 0 fully saturated rings. The highest BCUT2D eigenvalue weighted by Crippen LogP contribution is 2.16. The van der Waals surface area contributed by atoms with Crippen LogP contribution >= 0.6 is 0 Å². The van der Waals surface area contributed by atoms with Crippen molar-refractivity contribution < 1.29 is 19.1 Å². The summed E-state index contributed by atoms with van der Waals surface area (Å²) in [5.41, 5.74) is 5.66. The van der Waals surface area contributed by atoms with Crippen molar-refractivity contribution >= 4 is 29.2 Å². The highest BCUT2D eigenvalue weighted by molar-refractivity contribution is 5.85. The Morgan fingerprint density at radius 1 is 0.676 bits per heavy atom. The fourth-order valence-corrected chi connectivity index (χ4v) is 3.27. The predicted octanol–water partition coefficient (Wildman–Crippen LogP) is 5.92. The number of benzene rings is 3. The average Bonchev–Trinajstić information content (AvgIpc) is 2.81. The first-order chi connectivity index (χ1) is 16.4. The van der Waals surface area contributed by atoms with E-state index >= 15 is 0 Å². The summed E-state index contributed by atoms with van der Waals surface area (Å²) < 4.78 is 10.7. The second kappa shape index (κ2) is 12.3. The van der Waals surface area contributed by atoms with Crippen molar-refractivity contribution in [2.45, 2.75) is 20.8 Å². The maximum Gasteiger partial charge on any atom is 0.411 e. The lowest BCUT2D eigenvalue weighted by Crippen LogP contribution is -2.33. The fraction of sp³-hybridized carbons (Fsp3) is 0.259. The van der Waals surface area contributed by atoms with Crippen molar-refractivity contribution in [1.29, 1.82) is 0 Å². The molecule has 0 unspecified atom stereocenters. The van der Waals surface area contributed by atoms with E-state index in [1.54, 1.807) is 0 Å². The summed E-state index contributed by atoms with van der Waals surface area (Å²) in [7, 11) is 0. The van der Waals surface area contributed by atoms with Gasteiger partial charge in [0.2, 0.25) is 0 Å². The van der Waals surface area contributed by atoms with E-state index in [1.165, 1.54) is 0 Å². The van der Waals surface area contributed by atoms with Gasteiger partial charge >= 0.3 is 12.2 Å². The van der Waals surface area contributed by atoms with Gasteiger partial charge in [-0.15, -0.1) is 0 Å². The van der Waals surface area contributed by atoms with E-state index in [1.807, 2.05) is 98.5 Å². The molecule has 0 bridgehead atoms. The molecule has 0 saturated carbocycles. The molecule has 178 valence electrons. The Morgan fingerprint density at radius 3 is 1.59 bits per heavy atom. The summed E-state index contributed by atoms with van der Waals surface area (Å²) in [5.74, 6) is 0. The van der Waals surface area contributed by atoms with Gasteiger partial charge in [-0.1, -0.05) is 47.5 Å². The van der Waals surface area contributed by atoms with Gasteiger partial charge in [0.15, 0.2) is 0 Å². The summed E-state index contributed by atoms with van der Waals surface area (Å²) in [4.78, 5) is 26.3. The topological polar surface area (TPSA) is 79.9 Å². The Morgan fingerprint density at radius 2 is 1.15 bits per heavy atom. The van der Waals surface area contributed by atoms with Crippen molar-refractivity contribution in [2.75, 3.05) is 41.8 Å². The van der Waals surface area contributed by atoms with E-state index in [-0.39, 0.29) is 13.2 Å². The molecule has 7 nitrogen and oxygen atoms in total. The zero-order valence-corrected chi connectivity index (χ0v) is 19.8. The highest BCUT2D eigenvalue weighted by atomic mass is 16.6. The molecular weight excluding hydrogens is 430 g/mol. The van der Waals surface area contributed by atoms with Crippen LogP contribution in [0, 0.1) is 20.8 Å². The minimum absolute atomic E-state index is 0.182. The minimum Gasteiger partial charge on any atom is -0.447 e. The van der Waals surface area contributed by atoms with Crippen molar-refractivity contribution in [3.05, 3.63) is 89.5 Å². The normalized spacial score (nSPS) is 10.3. The molecule has 3 rings (SSSR count). The Labute approximate surface area is 200 Å². The third-order valence-corrected chi connectivity index (χ3v) is 5.15. The molecule has 0 aromatic heterocycles. The summed E-state index contributed by atoms with van der Waals surface area (Å²) in [6.45, 7) is 7.25. The van der Waals surface area contributed by atoms with Crippen LogP contribution in [0.5, 0.6) is 0 Å². The minimum atomic E-state index is -0.512. The third-order valence-electron chi connectivity index (χ3n) is 5.15. The SMILES string of the molecule is Cc1ccc(NC(=O)OCCN(CCOC(=O)Nc2ccc(C)cc2)c2cccc(C)c2)cc1. The molecule has 0 heterocycles. The van der Waals surface area contributed by atoms with Gasteiger partial charge in [-0.2, -0.15) is 0 Å². The number of hydrogen-bond donors (Lipinski definition) is 2. The molecule has 0 atom stereocenters. The molecule has 2 N–H and O–H groups in total. The maximum absolute atomic E-state index is 12.1. The van der Waals surface area contributed by atoms with Crippen molar-refractivity contribution in [2.24, 2.45) is 0 Å². The van der Waals surface area contributed by atoms with Gasteiger partial charge in [-0.3, -0.25) is 10.6 Å². The third kappa shape index (κ3) is 8.16. The molecule has 0 spiro atoms. The highest BCUT2D eigenvalue weighted by Gasteiger charge is 2.11. The van der Waals surface area contributed by atoms with Gasteiger partial charge in [-0.25, -0.2) is 9.59 Å². The Hall–Kier alpha value is -4.00. The van der Waals surface area contributed by atoms with Crippen LogP contribution in [0.1, 0.15) is 16.7 Å². The number of nitrogens with one attached hydrogen (secondary N) is 2. The molecule has 3 aromatic carbocycles. The van der Waals surface area contributed by atoms with Crippen LogP contribution in [0.3, 0.4) is 0 Å². The smallest absolute Gasteiger partial charge is 0.411 e. The molecule has 0 saturated heterocycles. The summed E-state index contributed by atoms with van der Waals surface area (Å²) in [6, 6.07) is 23.0. The summed E-state index contributed by atoms with van der Waals surface area (Å²) in [5, 5.41) is 5.44. The van der Waals surface area contributed by atoms with E-state index in [2.05, 4.69) is 10.6 Å². The molecule has 34 heavy (non-hydrogen) atoms. The fourth-order valence-electron chi connectivity index (χ4n) is 3.27. The van der Waals surface area contributed by atoms with E-state index in [4.69, 9.17) is 9.47 Å².